The largest absolute Gasteiger partial charge is 0.678 e. The van der Waals surface area contributed by atoms with E-state index in [2.05, 4.69) is 15.8 Å². The van der Waals surface area contributed by atoms with E-state index in [-0.39, 0.29) is 0 Å². The average molecular weight is 349 g/mol. The zero-order valence-electron chi connectivity index (χ0n) is 11.8. The summed E-state index contributed by atoms with van der Waals surface area (Å²) in [5.41, 5.74) is 0. The zero-order valence-corrected chi connectivity index (χ0v) is 13.4. The van der Waals surface area contributed by atoms with Crippen LogP contribution in [0.3, 0.4) is 0 Å². The van der Waals surface area contributed by atoms with Crippen LogP contribution in [0.4, 0.5) is 0 Å². The molecule has 1 fully saturated rings. The van der Waals surface area contributed by atoms with Crippen LogP contribution < -0.4 is 9.31 Å². The predicted octanol–water partition coefficient (Wildman–Crippen LogP) is 4.32. The van der Waals surface area contributed by atoms with Crippen molar-refractivity contribution >= 4 is 21.7 Å². The van der Waals surface area contributed by atoms with Crippen molar-refractivity contribution in [3.63, 3.8) is 0 Å². The molecule has 1 aliphatic rings. The third kappa shape index (κ3) is 6.69. The molecule has 0 bridgehead atoms. The summed E-state index contributed by atoms with van der Waals surface area (Å²) in [5, 5.41) is 0. The molecule has 3 rings (SSSR count). The average Bonchev–Trinajstić information content (AvgIpc) is 3.09. The number of benzene rings is 2. The molecule has 5 heteroatoms. The monoisotopic (exact) mass is 348 g/mol. The number of rotatable bonds is 4. The minimum absolute atomic E-state index is 0.489. The van der Waals surface area contributed by atoms with Crippen molar-refractivity contribution < 1.29 is 14.0 Å². The first-order valence-corrected chi connectivity index (χ1v) is 7.91. The first-order chi connectivity index (χ1) is 10.3. The predicted molar refractivity (Wildman–Crippen MR) is 88.9 cm³/mol. The molecule has 0 atom stereocenters. The topological polar surface area (TPSA) is 27.7 Å². The maximum Gasteiger partial charge on any atom is 0.678 e. The van der Waals surface area contributed by atoms with Gasteiger partial charge in [-0.3, -0.25) is 0 Å². The second kappa shape index (κ2) is 9.48. The standard InChI is InChI=1S/C12H10BBrO2.C4H8O/c14-13(15-11-7-3-1-4-8-11)16-12-9-5-2-6-10-12;1-2-4-5-3-1/h1-10H;1-4H2. The molecular formula is C16H18BBrO3. The van der Waals surface area contributed by atoms with E-state index < -0.39 is 5.94 Å². The van der Waals surface area contributed by atoms with E-state index in [4.69, 9.17) is 14.0 Å². The molecule has 3 nitrogen and oxygen atoms in total. The fourth-order valence-electron chi connectivity index (χ4n) is 1.75. The molecule has 1 heterocycles. The summed E-state index contributed by atoms with van der Waals surface area (Å²) in [6.07, 6.45) is 2.56. The van der Waals surface area contributed by atoms with Crippen molar-refractivity contribution in [2.75, 3.05) is 13.2 Å². The quantitative estimate of drug-likeness (QED) is 0.770. The Hall–Kier alpha value is -1.46. The lowest BCUT2D eigenvalue weighted by atomic mass is 10.3. The normalized spacial score (nSPS) is 13.0. The summed E-state index contributed by atoms with van der Waals surface area (Å²) in [5.74, 6) is 1.04. The summed E-state index contributed by atoms with van der Waals surface area (Å²) >= 11 is 3.31. The van der Waals surface area contributed by atoms with Gasteiger partial charge >= 0.3 is 5.94 Å². The summed E-state index contributed by atoms with van der Waals surface area (Å²) in [7, 11) is 0. The second-order valence-corrected chi connectivity index (χ2v) is 5.20. The zero-order chi connectivity index (χ0) is 14.8. The third-order valence-electron chi connectivity index (χ3n) is 2.77. The highest BCUT2D eigenvalue weighted by atomic mass is 79.9. The molecule has 0 saturated carbocycles. The van der Waals surface area contributed by atoms with Gasteiger partial charge in [0.2, 0.25) is 0 Å². The van der Waals surface area contributed by atoms with Crippen molar-refractivity contribution in [2.45, 2.75) is 12.8 Å². The van der Waals surface area contributed by atoms with Crippen molar-refractivity contribution in [1.82, 2.24) is 0 Å². The Morgan fingerprint density at radius 2 is 1.19 bits per heavy atom. The van der Waals surface area contributed by atoms with Gasteiger partial charge in [-0.15, -0.1) is 0 Å². The molecule has 0 unspecified atom stereocenters. The van der Waals surface area contributed by atoms with E-state index in [0.29, 0.717) is 0 Å². The highest BCUT2D eigenvalue weighted by molar-refractivity contribution is 9.24. The Kier molecular flexibility index (Phi) is 7.19. The Labute approximate surface area is 134 Å². The SMILES string of the molecule is BrB(Oc1ccccc1)Oc1ccccc1.C1CCOC1. The maximum atomic E-state index is 5.51. The molecule has 0 spiro atoms. The van der Waals surface area contributed by atoms with Gasteiger partial charge in [0, 0.05) is 13.2 Å². The molecule has 21 heavy (non-hydrogen) atoms. The first kappa shape index (κ1) is 15.9. The van der Waals surface area contributed by atoms with E-state index in [9.17, 15) is 0 Å². The Morgan fingerprint density at radius 3 is 1.52 bits per heavy atom. The van der Waals surface area contributed by atoms with Crippen LogP contribution >= 0.6 is 15.8 Å². The van der Waals surface area contributed by atoms with Crippen molar-refractivity contribution in [3.8, 4) is 11.5 Å². The van der Waals surface area contributed by atoms with Crippen LogP contribution in [0.5, 0.6) is 11.5 Å². The lowest BCUT2D eigenvalue weighted by Crippen LogP contribution is -2.22. The van der Waals surface area contributed by atoms with E-state index in [0.717, 1.165) is 24.7 Å². The molecular weight excluding hydrogens is 331 g/mol. The fraction of sp³-hybridized carbons (Fsp3) is 0.250. The number of hydrogen-bond acceptors (Lipinski definition) is 3. The smallest absolute Gasteiger partial charge is 0.517 e. The molecule has 1 saturated heterocycles. The van der Waals surface area contributed by atoms with E-state index in [1.54, 1.807) is 0 Å². The summed E-state index contributed by atoms with van der Waals surface area (Å²) in [6.45, 7) is 2.00. The number of ether oxygens (including phenoxy) is 1. The van der Waals surface area contributed by atoms with Gasteiger partial charge in [0.25, 0.3) is 0 Å². The van der Waals surface area contributed by atoms with E-state index in [1.807, 2.05) is 60.7 Å². The highest BCUT2D eigenvalue weighted by Gasteiger charge is 2.17. The lowest BCUT2D eigenvalue weighted by molar-refractivity contribution is 0.198. The van der Waals surface area contributed by atoms with Gasteiger partial charge in [0.05, 0.1) is 0 Å². The number of hydrogen-bond donors (Lipinski definition) is 0. The minimum atomic E-state index is -0.489. The highest BCUT2D eigenvalue weighted by Crippen LogP contribution is 2.16. The van der Waals surface area contributed by atoms with Crippen molar-refractivity contribution in [2.24, 2.45) is 0 Å². The van der Waals surface area contributed by atoms with Gasteiger partial charge in [0.1, 0.15) is 11.5 Å². The molecule has 0 aromatic heterocycles. The molecule has 0 amide bonds. The third-order valence-corrected chi connectivity index (χ3v) is 3.15. The molecule has 0 radical (unpaired) electrons. The van der Waals surface area contributed by atoms with Crippen LogP contribution in [-0.4, -0.2) is 19.2 Å². The Bertz CT molecular complexity index is 442. The number of halogens is 1. The van der Waals surface area contributed by atoms with Crippen LogP contribution in [-0.2, 0) is 4.74 Å². The summed E-state index contributed by atoms with van der Waals surface area (Å²) < 4.78 is 16.0. The van der Waals surface area contributed by atoms with Gasteiger partial charge in [0.15, 0.2) is 0 Å². The van der Waals surface area contributed by atoms with E-state index in [1.165, 1.54) is 12.8 Å². The van der Waals surface area contributed by atoms with Crippen LogP contribution in [0.1, 0.15) is 12.8 Å². The fourth-order valence-corrected chi connectivity index (χ4v) is 2.18. The van der Waals surface area contributed by atoms with Crippen LogP contribution in [0.2, 0.25) is 0 Å². The molecule has 0 N–H and O–H groups in total. The van der Waals surface area contributed by atoms with Gasteiger partial charge in [-0.25, -0.2) is 0 Å². The molecule has 1 aliphatic heterocycles. The van der Waals surface area contributed by atoms with Gasteiger partial charge in [-0.1, -0.05) is 36.4 Å². The second-order valence-electron chi connectivity index (χ2n) is 4.46. The van der Waals surface area contributed by atoms with Gasteiger partial charge < -0.3 is 14.0 Å². The van der Waals surface area contributed by atoms with Crippen LogP contribution in [0.15, 0.2) is 60.7 Å². The Morgan fingerprint density at radius 1 is 0.762 bits per heavy atom. The van der Waals surface area contributed by atoms with Crippen molar-refractivity contribution in [1.29, 1.82) is 0 Å². The van der Waals surface area contributed by atoms with Crippen LogP contribution in [0.25, 0.3) is 0 Å². The lowest BCUT2D eigenvalue weighted by Gasteiger charge is -2.11. The minimum Gasteiger partial charge on any atom is -0.517 e. The van der Waals surface area contributed by atoms with Crippen LogP contribution in [0, 0.1) is 0 Å². The number of para-hydroxylation sites is 2. The maximum absolute atomic E-state index is 5.51. The molecule has 110 valence electrons. The molecule has 2 aromatic carbocycles. The summed E-state index contributed by atoms with van der Waals surface area (Å²) in [4.78, 5) is 0. The molecule has 0 aliphatic carbocycles. The van der Waals surface area contributed by atoms with Gasteiger partial charge in [-0.05, 0) is 52.9 Å². The Balaban J connectivity index is 0.000000272. The first-order valence-electron chi connectivity index (χ1n) is 7.00. The van der Waals surface area contributed by atoms with Crippen molar-refractivity contribution in [3.05, 3.63) is 60.7 Å². The summed E-state index contributed by atoms with van der Waals surface area (Å²) in [6, 6.07) is 19.0. The molecule has 2 aromatic rings. The van der Waals surface area contributed by atoms with E-state index >= 15 is 0 Å². The van der Waals surface area contributed by atoms with Gasteiger partial charge in [-0.2, -0.15) is 0 Å².